The summed E-state index contributed by atoms with van der Waals surface area (Å²) in [5.41, 5.74) is -0.581. The molecule has 1 heterocycles. The number of rotatable bonds is 6. The molecule has 23 heavy (non-hydrogen) atoms. The maximum atomic E-state index is 13.5. The number of nitrogens with one attached hydrogen (secondary N) is 1. The molecule has 124 valence electrons. The first-order chi connectivity index (χ1) is 10.9. The molecule has 1 aromatic carbocycles. The summed E-state index contributed by atoms with van der Waals surface area (Å²) >= 11 is 0.853. The number of carbonyl (C=O) groups is 1. The lowest BCUT2D eigenvalue weighted by Crippen LogP contribution is -2.29. The molecule has 0 spiro atoms. The van der Waals surface area contributed by atoms with Gasteiger partial charge in [0.1, 0.15) is 28.4 Å². The molecule has 1 aromatic heterocycles. The Balaban J connectivity index is 2.03. The van der Waals surface area contributed by atoms with Crippen LogP contribution in [0.3, 0.4) is 0 Å². The number of aliphatic hydroxyl groups excluding tert-OH is 1. The van der Waals surface area contributed by atoms with Gasteiger partial charge in [0, 0.05) is 6.54 Å². The third-order valence-corrected chi connectivity index (χ3v) is 3.73. The van der Waals surface area contributed by atoms with Gasteiger partial charge in [-0.05, 0) is 23.6 Å². The Labute approximate surface area is 132 Å². The minimum absolute atomic E-state index is 0.133. The van der Waals surface area contributed by atoms with Crippen LogP contribution in [0.25, 0.3) is 0 Å². The molecule has 1 unspecified atom stereocenters. The summed E-state index contributed by atoms with van der Waals surface area (Å²) in [6.45, 7) is -3.59. The van der Waals surface area contributed by atoms with Crippen molar-refractivity contribution in [2.24, 2.45) is 0 Å². The van der Waals surface area contributed by atoms with Crippen LogP contribution in [0.5, 0.6) is 5.75 Å². The third-order valence-electron chi connectivity index (χ3n) is 2.84. The quantitative estimate of drug-likeness (QED) is 0.788. The van der Waals surface area contributed by atoms with Crippen LogP contribution in [0.4, 0.5) is 17.6 Å². The highest BCUT2D eigenvalue weighted by Crippen LogP contribution is 2.26. The van der Waals surface area contributed by atoms with Crippen molar-refractivity contribution in [2.75, 3.05) is 6.54 Å². The third kappa shape index (κ3) is 4.20. The number of hydrogen-bond acceptors (Lipinski definition) is 4. The Morgan fingerprint density at radius 3 is 2.52 bits per heavy atom. The Kier molecular flexibility index (Phi) is 5.56. The molecule has 0 aliphatic carbocycles. The van der Waals surface area contributed by atoms with Crippen LogP contribution in [-0.4, -0.2) is 24.2 Å². The van der Waals surface area contributed by atoms with Gasteiger partial charge in [-0.15, -0.1) is 11.3 Å². The lowest BCUT2D eigenvalue weighted by molar-refractivity contribution is -0.0498. The monoisotopic (exact) mass is 349 g/mol. The van der Waals surface area contributed by atoms with E-state index in [1.165, 1.54) is 11.4 Å². The summed E-state index contributed by atoms with van der Waals surface area (Å²) in [5, 5.41) is 13.4. The first kappa shape index (κ1) is 17.2. The van der Waals surface area contributed by atoms with E-state index < -0.39 is 42.4 Å². The highest BCUT2D eigenvalue weighted by molar-refractivity contribution is 7.12. The molecular weight excluding hydrogens is 338 g/mol. The maximum absolute atomic E-state index is 13.5. The fourth-order valence-electron chi connectivity index (χ4n) is 1.85. The second-order valence-corrected chi connectivity index (χ2v) is 5.27. The molecule has 1 atom stereocenters. The molecule has 0 aliphatic heterocycles. The average molecular weight is 349 g/mol. The number of amides is 1. The fourth-order valence-corrected chi connectivity index (χ4v) is 2.59. The van der Waals surface area contributed by atoms with Crippen molar-refractivity contribution in [1.29, 1.82) is 0 Å². The number of ether oxygens (including phenoxy) is 1. The maximum Gasteiger partial charge on any atom is 0.387 e. The normalized spacial score (nSPS) is 12.3. The highest BCUT2D eigenvalue weighted by atomic mass is 32.1. The highest BCUT2D eigenvalue weighted by Gasteiger charge is 2.21. The topological polar surface area (TPSA) is 58.6 Å². The summed E-state index contributed by atoms with van der Waals surface area (Å²) in [5.74, 6) is -3.02. The van der Waals surface area contributed by atoms with E-state index >= 15 is 0 Å². The number of carbonyl (C=O) groups excluding carboxylic acids is 1. The number of halogens is 4. The number of aliphatic hydroxyl groups is 1. The van der Waals surface area contributed by atoms with Gasteiger partial charge in [-0.25, -0.2) is 8.78 Å². The van der Waals surface area contributed by atoms with Gasteiger partial charge in [-0.3, -0.25) is 4.79 Å². The van der Waals surface area contributed by atoms with E-state index in [4.69, 9.17) is 0 Å². The zero-order chi connectivity index (χ0) is 17.0. The van der Waals surface area contributed by atoms with Crippen molar-refractivity contribution in [3.8, 4) is 5.75 Å². The van der Waals surface area contributed by atoms with Crippen molar-refractivity contribution in [3.63, 3.8) is 0 Å². The van der Waals surface area contributed by atoms with Crippen LogP contribution in [0.2, 0.25) is 0 Å². The van der Waals surface area contributed by atoms with E-state index in [2.05, 4.69) is 10.1 Å². The predicted molar refractivity (Wildman–Crippen MR) is 74.6 cm³/mol. The van der Waals surface area contributed by atoms with Gasteiger partial charge < -0.3 is 15.2 Å². The Morgan fingerprint density at radius 1 is 1.26 bits per heavy atom. The van der Waals surface area contributed by atoms with Crippen LogP contribution in [0.15, 0.2) is 29.6 Å². The van der Waals surface area contributed by atoms with Crippen LogP contribution in [-0.2, 0) is 0 Å². The van der Waals surface area contributed by atoms with Gasteiger partial charge in [-0.1, -0.05) is 6.07 Å². The minimum Gasteiger partial charge on any atom is -0.433 e. The largest absolute Gasteiger partial charge is 0.433 e. The lowest BCUT2D eigenvalue weighted by atomic mass is 10.1. The number of thiophene rings is 1. The minimum atomic E-state index is -3.09. The van der Waals surface area contributed by atoms with E-state index in [0.29, 0.717) is 0 Å². The standard InChI is InChI=1S/C14H11F4NO3S/c15-7-2-1-3-8(16)11(7)9(20)6-19-13(21)12-10(4-5-23-12)22-14(17)18/h1-5,9,14,20H,6H2,(H,19,21). The van der Waals surface area contributed by atoms with Crippen LogP contribution < -0.4 is 10.1 Å². The molecule has 2 aromatic rings. The van der Waals surface area contributed by atoms with Crippen LogP contribution >= 0.6 is 11.3 Å². The van der Waals surface area contributed by atoms with Crippen molar-refractivity contribution in [3.05, 3.63) is 51.7 Å². The van der Waals surface area contributed by atoms with Crippen molar-refractivity contribution in [2.45, 2.75) is 12.7 Å². The molecule has 0 fully saturated rings. The zero-order valence-corrected chi connectivity index (χ0v) is 12.2. The fraction of sp³-hybridized carbons (Fsp3) is 0.214. The molecule has 0 radical (unpaired) electrons. The molecule has 0 aliphatic rings. The SMILES string of the molecule is O=C(NCC(O)c1c(F)cccc1F)c1sccc1OC(F)F. The molecule has 4 nitrogen and oxygen atoms in total. The molecule has 9 heteroatoms. The summed E-state index contributed by atoms with van der Waals surface area (Å²) in [6, 6.07) is 4.27. The predicted octanol–water partition coefficient (Wildman–Crippen LogP) is 3.09. The Bertz CT molecular complexity index is 672. The smallest absolute Gasteiger partial charge is 0.387 e. The molecule has 0 bridgehead atoms. The van der Waals surface area contributed by atoms with Gasteiger partial charge in [0.25, 0.3) is 5.91 Å². The lowest BCUT2D eigenvalue weighted by Gasteiger charge is -2.14. The summed E-state index contributed by atoms with van der Waals surface area (Å²) in [7, 11) is 0. The van der Waals surface area contributed by atoms with Gasteiger partial charge in [-0.2, -0.15) is 8.78 Å². The molecule has 1 amide bonds. The van der Waals surface area contributed by atoms with Gasteiger partial charge in [0.2, 0.25) is 0 Å². The van der Waals surface area contributed by atoms with E-state index in [1.54, 1.807) is 0 Å². The first-order valence-corrected chi connectivity index (χ1v) is 7.20. The van der Waals surface area contributed by atoms with Gasteiger partial charge in [0.05, 0.1) is 5.56 Å². The number of hydrogen-bond donors (Lipinski definition) is 2. The van der Waals surface area contributed by atoms with E-state index in [-0.39, 0.29) is 10.6 Å². The second-order valence-electron chi connectivity index (χ2n) is 4.35. The summed E-state index contributed by atoms with van der Waals surface area (Å²) < 4.78 is 55.5. The first-order valence-electron chi connectivity index (χ1n) is 6.32. The molecule has 0 saturated heterocycles. The van der Waals surface area contributed by atoms with Gasteiger partial charge >= 0.3 is 6.61 Å². The second kappa shape index (κ2) is 7.42. The number of benzene rings is 1. The molecule has 2 N–H and O–H groups in total. The van der Waals surface area contributed by atoms with Gasteiger partial charge in [0.15, 0.2) is 0 Å². The molecule has 2 rings (SSSR count). The summed E-state index contributed by atoms with van der Waals surface area (Å²) in [4.78, 5) is 11.8. The van der Waals surface area contributed by atoms with E-state index in [1.807, 2.05) is 0 Å². The molecular formula is C14H11F4NO3S. The van der Waals surface area contributed by atoms with Crippen LogP contribution in [0, 0.1) is 11.6 Å². The van der Waals surface area contributed by atoms with Crippen molar-refractivity contribution >= 4 is 17.2 Å². The Hall–Kier alpha value is -2.13. The van der Waals surface area contributed by atoms with E-state index in [0.717, 1.165) is 29.5 Å². The van der Waals surface area contributed by atoms with Crippen molar-refractivity contribution < 1.29 is 32.2 Å². The van der Waals surface area contributed by atoms with Crippen LogP contribution in [0.1, 0.15) is 21.3 Å². The zero-order valence-electron chi connectivity index (χ0n) is 11.4. The van der Waals surface area contributed by atoms with E-state index in [9.17, 15) is 27.5 Å². The molecule has 0 saturated carbocycles. The Morgan fingerprint density at radius 2 is 1.91 bits per heavy atom. The van der Waals surface area contributed by atoms with Crippen molar-refractivity contribution in [1.82, 2.24) is 5.32 Å². The number of alkyl halides is 2. The average Bonchev–Trinajstić information content (AvgIpc) is 2.92. The summed E-state index contributed by atoms with van der Waals surface area (Å²) in [6.07, 6.45) is -1.63.